The van der Waals surface area contributed by atoms with Gasteiger partial charge in [-0.05, 0) is 92.9 Å². The zero-order chi connectivity index (χ0) is 39.1. The average Bonchev–Trinajstić information content (AvgIpc) is 3.93. The van der Waals surface area contributed by atoms with E-state index in [1.54, 1.807) is 0 Å². The van der Waals surface area contributed by atoms with Crippen LogP contribution in [0.15, 0.2) is 223 Å². The van der Waals surface area contributed by atoms with Crippen LogP contribution in [0.2, 0.25) is 0 Å². The molecule has 10 aromatic rings. The molecule has 1 aromatic heterocycles. The molecule has 2 aliphatic carbocycles. The summed E-state index contributed by atoms with van der Waals surface area (Å²) in [6.45, 7) is 2.37. The maximum atomic E-state index is 7.33. The van der Waals surface area contributed by atoms with Crippen molar-refractivity contribution in [2.24, 2.45) is 0 Å². The highest BCUT2D eigenvalue weighted by molar-refractivity contribution is 6.11. The largest absolute Gasteiger partial charge is 0.454 e. The van der Waals surface area contributed by atoms with Crippen LogP contribution in [0, 0.1) is 0 Å². The molecule has 2 heteroatoms. The average molecular weight is 754 g/mol. The minimum atomic E-state index is -0.517. The number of benzene rings is 9. The van der Waals surface area contributed by atoms with Gasteiger partial charge in [0.1, 0.15) is 5.58 Å². The third-order valence-corrected chi connectivity index (χ3v) is 13.2. The van der Waals surface area contributed by atoms with Gasteiger partial charge < -0.3 is 9.32 Å². The molecule has 2 nitrogen and oxygen atoms in total. The normalized spacial score (nSPS) is 14.1. The smallest absolute Gasteiger partial charge is 0.159 e. The third kappa shape index (κ3) is 4.63. The van der Waals surface area contributed by atoms with Gasteiger partial charge in [-0.25, -0.2) is 0 Å². The summed E-state index contributed by atoms with van der Waals surface area (Å²) in [5.74, 6) is 0. The molecule has 0 fully saturated rings. The second kappa shape index (κ2) is 12.8. The quantitative estimate of drug-likeness (QED) is 0.168. The van der Waals surface area contributed by atoms with E-state index >= 15 is 0 Å². The van der Waals surface area contributed by atoms with Crippen LogP contribution in [-0.4, -0.2) is 0 Å². The second-order valence-corrected chi connectivity index (χ2v) is 16.1. The molecule has 59 heavy (non-hydrogen) atoms. The highest BCUT2D eigenvalue weighted by Crippen LogP contribution is 2.58. The number of anilines is 3. The molecule has 1 heterocycles. The fourth-order valence-electron chi connectivity index (χ4n) is 10.7. The first-order chi connectivity index (χ1) is 29.2. The zero-order valence-corrected chi connectivity index (χ0v) is 32.6. The topological polar surface area (TPSA) is 16.4 Å². The van der Waals surface area contributed by atoms with Crippen LogP contribution in [0.3, 0.4) is 0 Å². The van der Waals surface area contributed by atoms with Crippen molar-refractivity contribution in [1.29, 1.82) is 0 Å². The Morgan fingerprint density at radius 3 is 1.46 bits per heavy atom. The summed E-state index contributed by atoms with van der Waals surface area (Å²) in [5, 5.41) is 2.21. The lowest BCUT2D eigenvalue weighted by atomic mass is 9.67. The van der Waals surface area contributed by atoms with Gasteiger partial charge in [0.25, 0.3) is 0 Å². The highest BCUT2D eigenvalue weighted by Gasteiger charge is 2.47. The summed E-state index contributed by atoms with van der Waals surface area (Å²) in [5.41, 5.74) is 17.9. The standard InChI is InChI=1S/C57H39NO/c1-56(48-30-14-11-25-42(48)43-26-12-15-31-49(43)56)51-33-17-28-46-47-29-18-34-53(55(47)59-54(46)51)58(40-23-9-4-10-24-40)41-35-36-45-44-27-13-16-32-50(44)57(52(45)37-41,38-19-5-2-6-20-38)39-21-7-3-8-22-39/h2-37H,1H3. The Morgan fingerprint density at radius 2 is 0.831 bits per heavy atom. The minimum Gasteiger partial charge on any atom is -0.454 e. The van der Waals surface area contributed by atoms with Gasteiger partial charge in [-0.15, -0.1) is 0 Å². The monoisotopic (exact) mass is 753 g/mol. The molecule has 278 valence electrons. The lowest BCUT2D eigenvalue weighted by Gasteiger charge is -2.34. The molecule has 9 aromatic carbocycles. The van der Waals surface area contributed by atoms with Crippen molar-refractivity contribution in [2.75, 3.05) is 4.90 Å². The van der Waals surface area contributed by atoms with Crippen molar-refractivity contribution in [2.45, 2.75) is 17.8 Å². The molecule has 0 N–H and O–H groups in total. The minimum absolute atomic E-state index is 0.396. The predicted octanol–water partition coefficient (Wildman–Crippen LogP) is 14.8. The second-order valence-electron chi connectivity index (χ2n) is 16.1. The molecule has 0 radical (unpaired) electrons. The Kier molecular flexibility index (Phi) is 7.31. The Balaban J connectivity index is 1.11. The summed E-state index contributed by atoms with van der Waals surface area (Å²) in [6.07, 6.45) is 0. The number of hydrogen-bond donors (Lipinski definition) is 0. The maximum absolute atomic E-state index is 7.33. The van der Waals surface area contributed by atoms with Gasteiger partial charge >= 0.3 is 0 Å². The Morgan fingerprint density at radius 1 is 0.356 bits per heavy atom. The van der Waals surface area contributed by atoms with E-state index in [4.69, 9.17) is 4.42 Å². The lowest BCUT2D eigenvalue weighted by molar-refractivity contribution is 0.638. The molecule has 0 unspecified atom stereocenters. The molecule has 12 rings (SSSR count). The Hall–Kier alpha value is -7.42. The first-order valence-corrected chi connectivity index (χ1v) is 20.5. The van der Waals surface area contributed by atoms with Crippen molar-refractivity contribution < 1.29 is 4.42 Å². The summed E-state index contributed by atoms with van der Waals surface area (Å²) in [6, 6.07) is 79.8. The fourth-order valence-corrected chi connectivity index (χ4v) is 10.7. The molecule has 0 saturated heterocycles. The molecule has 2 aliphatic rings. The molecule has 0 spiro atoms. The van der Waals surface area contributed by atoms with E-state index < -0.39 is 10.8 Å². The molecule has 0 aliphatic heterocycles. The fraction of sp³-hybridized carbons (Fsp3) is 0.0526. The molecule has 0 saturated carbocycles. The van der Waals surface area contributed by atoms with Crippen LogP contribution in [-0.2, 0) is 10.8 Å². The van der Waals surface area contributed by atoms with E-state index in [9.17, 15) is 0 Å². The van der Waals surface area contributed by atoms with Crippen LogP contribution >= 0.6 is 0 Å². The van der Waals surface area contributed by atoms with Gasteiger partial charge in [0.2, 0.25) is 0 Å². The van der Waals surface area contributed by atoms with Crippen LogP contribution in [0.4, 0.5) is 17.1 Å². The number of hydrogen-bond acceptors (Lipinski definition) is 2. The van der Waals surface area contributed by atoms with Crippen LogP contribution in [0.1, 0.15) is 45.9 Å². The first-order valence-electron chi connectivity index (χ1n) is 20.5. The zero-order valence-electron chi connectivity index (χ0n) is 32.6. The van der Waals surface area contributed by atoms with Crippen molar-refractivity contribution in [3.63, 3.8) is 0 Å². The van der Waals surface area contributed by atoms with Gasteiger partial charge in [0, 0.05) is 33.1 Å². The molecular formula is C57H39NO. The van der Waals surface area contributed by atoms with Crippen LogP contribution in [0.25, 0.3) is 44.2 Å². The predicted molar refractivity (Wildman–Crippen MR) is 243 cm³/mol. The van der Waals surface area contributed by atoms with Crippen LogP contribution < -0.4 is 4.90 Å². The number of fused-ring (bicyclic) bond motifs is 9. The maximum Gasteiger partial charge on any atom is 0.159 e. The van der Waals surface area contributed by atoms with E-state index in [1.165, 1.54) is 61.2 Å². The van der Waals surface area contributed by atoms with Gasteiger partial charge in [-0.2, -0.15) is 0 Å². The summed E-state index contributed by atoms with van der Waals surface area (Å²) in [7, 11) is 0. The van der Waals surface area contributed by atoms with Crippen LogP contribution in [0.5, 0.6) is 0 Å². The number of nitrogens with zero attached hydrogens (tertiary/aromatic N) is 1. The van der Waals surface area contributed by atoms with Gasteiger partial charge in [-0.3, -0.25) is 0 Å². The van der Waals surface area contributed by atoms with Gasteiger partial charge in [0.15, 0.2) is 5.58 Å². The summed E-state index contributed by atoms with van der Waals surface area (Å²) >= 11 is 0. The van der Waals surface area contributed by atoms with E-state index in [0.29, 0.717) is 0 Å². The van der Waals surface area contributed by atoms with Gasteiger partial charge in [0.05, 0.1) is 11.1 Å². The van der Waals surface area contributed by atoms with Crippen molar-refractivity contribution in [3.8, 4) is 22.3 Å². The van der Waals surface area contributed by atoms with Gasteiger partial charge in [-0.1, -0.05) is 188 Å². The SMILES string of the molecule is CC1(c2cccc3c2oc2c(N(c4ccccc4)c4ccc5c(c4)C(c4ccccc4)(c4ccccc4)c4ccccc4-5)cccc23)c2ccccc2-c2ccccc21. The third-order valence-electron chi connectivity index (χ3n) is 13.2. The van der Waals surface area contributed by atoms with Crippen molar-refractivity contribution >= 4 is 39.0 Å². The number of furan rings is 1. The van der Waals surface area contributed by atoms with E-state index in [0.717, 1.165) is 39.0 Å². The van der Waals surface area contributed by atoms with Crippen molar-refractivity contribution in [1.82, 2.24) is 0 Å². The Bertz CT molecular complexity index is 3150. The molecular weight excluding hydrogens is 715 g/mol. The Labute approximate surface area is 344 Å². The van der Waals surface area contributed by atoms with E-state index in [1.807, 2.05) is 0 Å². The van der Waals surface area contributed by atoms with E-state index in [2.05, 4.69) is 230 Å². The molecule has 0 bridgehead atoms. The lowest BCUT2D eigenvalue weighted by Crippen LogP contribution is -2.28. The summed E-state index contributed by atoms with van der Waals surface area (Å²) in [4.78, 5) is 2.39. The number of para-hydroxylation sites is 3. The highest BCUT2D eigenvalue weighted by atomic mass is 16.3. The van der Waals surface area contributed by atoms with Crippen molar-refractivity contribution in [3.05, 3.63) is 257 Å². The molecule has 0 amide bonds. The first kappa shape index (κ1) is 33.7. The van der Waals surface area contributed by atoms with E-state index in [-0.39, 0.29) is 0 Å². The molecule has 0 atom stereocenters. The summed E-state index contributed by atoms with van der Waals surface area (Å²) < 4.78 is 7.33. The number of rotatable bonds is 6.